The minimum atomic E-state index is -0.799. The number of ether oxygens (including phenoxy) is 2. The smallest absolute Gasteiger partial charge is 0.411 e. The lowest BCUT2D eigenvalue weighted by Gasteiger charge is -2.33. The number of aryl methyl sites for hydroxylation is 2. The van der Waals surface area contributed by atoms with Crippen LogP contribution in [0.3, 0.4) is 0 Å². The highest BCUT2D eigenvalue weighted by atomic mass is 16.6. The Morgan fingerprint density at radius 3 is 2.56 bits per heavy atom. The average molecular weight is 532 g/mol. The Labute approximate surface area is 229 Å². The number of hydrogen-bond acceptors (Lipinski definition) is 6. The molecule has 1 unspecified atom stereocenters. The van der Waals surface area contributed by atoms with E-state index >= 15 is 0 Å². The van der Waals surface area contributed by atoms with Crippen molar-refractivity contribution in [3.8, 4) is 0 Å². The molecule has 3 aliphatic rings. The summed E-state index contributed by atoms with van der Waals surface area (Å²) >= 11 is 0. The number of aliphatic carboxylic acids is 1. The maximum atomic E-state index is 13.2. The lowest BCUT2D eigenvalue weighted by Crippen LogP contribution is -2.38. The normalized spacial score (nSPS) is 22.7. The van der Waals surface area contributed by atoms with Gasteiger partial charge in [-0.1, -0.05) is 35.4 Å². The molecule has 0 bridgehead atoms. The number of benzene rings is 1. The third-order valence-corrected chi connectivity index (χ3v) is 7.94. The third kappa shape index (κ3) is 5.65. The molecule has 8 nitrogen and oxygen atoms in total. The standard InChI is InChI=1S/C31H37N3O5/c1-19-14-20(2)16-23(15-19)30-21(3)34(31(37)39-30)18-26-24(8-10-28(32-26)33-12-5-13-33)25-17-22(7-11-29(35)36)6-9-27(25)38-4/h8-10,14-17,21-22,30H,5-7,11-13,18H2,1-4H3,(H,35,36)/t21-,22?,30-/m0/s1. The number of rotatable bonds is 9. The topological polar surface area (TPSA) is 92.2 Å². The van der Waals surface area contributed by atoms with Gasteiger partial charge in [-0.25, -0.2) is 9.78 Å². The van der Waals surface area contributed by atoms with E-state index in [1.807, 2.05) is 19.1 Å². The van der Waals surface area contributed by atoms with Crippen molar-refractivity contribution in [2.24, 2.45) is 5.92 Å². The van der Waals surface area contributed by atoms with Crippen LogP contribution in [0.4, 0.5) is 10.6 Å². The van der Waals surface area contributed by atoms with E-state index < -0.39 is 5.97 Å². The van der Waals surface area contributed by atoms with Crippen LogP contribution in [0.25, 0.3) is 5.57 Å². The molecule has 3 heterocycles. The fraction of sp³-hybridized carbons (Fsp3) is 0.452. The zero-order valence-corrected chi connectivity index (χ0v) is 23.1. The van der Waals surface area contributed by atoms with Gasteiger partial charge >= 0.3 is 12.1 Å². The number of pyridine rings is 1. The number of carboxylic acids is 1. The molecule has 1 amide bonds. The first-order valence-corrected chi connectivity index (χ1v) is 13.7. The van der Waals surface area contributed by atoms with Crippen molar-refractivity contribution in [1.82, 2.24) is 9.88 Å². The van der Waals surface area contributed by atoms with Crippen LogP contribution < -0.4 is 4.90 Å². The number of aromatic nitrogens is 1. The van der Waals surface area contributed by atoms with E-state index in [-0.39, 0.29) is 30.6 Å². The van der Waals surface area contributed by atoms with Gasteiger partial charge in [-0.15, -0.1) is 0 Å². The SMILES string of the molecule is COC1=CCC(CCC(=O)O)C=C1c1ccc(N2CCC2)nc1CN1C(=O)O[C@H](c2cc(C)cc(C)c2)[C@@H]1C. The number of cyclic esters (lactones) is 1. The number of anilines is 1. The zero-order valence-electron chi connectivity index (χ0n) is 23.1. The van der Waals surface area contributed by atoms with Crippen molar-refractivity contribution in [2.45, 2.75) is 65.1 Å². The highest BCUT2D eigenvalue weighted by Gasteiger charge is 2.40. The summed E-state index contributed by atoms with van der Waals surface area (Å²) in [5.74, 6) is 0.925. The molecular formula is C31H37N3O5. The maximum absolute atomic E-state index is 13.2. The fourth-order valence-corrected chi connectivity index (χ4v) is 5.75. The minimum absolute atomic E-state index is 0.0857. The number of hydrogen-bond donors (Lipinski definition) is 1. The van der Waals surface area contributed by atoms with Gasteiger partial charge in [-0.2, -0.15) is 0 Å². The van der Waals surface area contributed by atoms with Crippen molar-refractivity contribution >= 4 is 23.5 Å². The molecule has 1 aromatic heterocycles. The second-order valence-corrected chi connectivity index (χ2v) is 10.9. The predicted octanol–water partition coefficient (Wildman–Crippen LogP) is 5.79. The molecule has 206 valence electrons. The number of amides is 1. The fourth-order valence-electron chi connectivity index (χ4n) is 5.75. The molecule has 2 aliphatic heterocycles. The van der Waals surface area contributed by atoms with Crippen LogP contribution in [0.5, 0.6) is 0 Å². The van der Waals surface area contributed by atoms with Gasteiger partial charge in [0, 0.05) is 30.6 Å². The first-order valence-electron chi connectivity index (χ1n) is 13.7. The Morgan fingerprint density at radius 1 is 1.18 bits per heavy atom. The molecule has 1 aromatic carbocycles. The van der Waals surface area contributed by atoms with Crippen LogP contribution in [0.1, 0.15) is 66.7 Å². The molecule has 2 fully saturated rings. The Morgan fingerprint density at radius 2 is 1.92 bits per heavy atom. The lowest BCUT2D eigenvalue weighted by molar-refractivity contribution is -0.137. The molecule has 3 atom stereocenters. The van der Waals surface area contributed by atoms with Crippen molar-refractivity contribution in [3.63, 3.8) is 0 Å². The van der Waals surface area contributed by atoms with Crippen molar-refractivity contribution in [3.05, 3.63) is 76.2 Å². The monoisotopic (exact) mass is 531 g/mol. The van der Waals surface area contributed by atoms with Crippen LogP contribution in [-0.4, -0.2) is 53.3 Å². The number of nitrogens with zero attached hydrogens (tertiary/aromatic N) is 3. The summed E-state index contributed by atoms with van der Waals surface area (Å²) in [7, 11) is 1.65. The second-order valence-electron chi connectivity index (χ2n) is 10.9. The van der Waals surface area contributed by atoms with Gasteiger partial charge < -0.3 is 19.5 Å². The zero-order chi connectivity index (χ0) is 27.7. The van der Waals surface area contributed by atoms with E-state index in [9.17, 15) is 14.7 Å². The number of carbonyl (C=O) groups excluding carboxylic acids is 1. The summed E-state index contributed by atoms with van der Waals surface area (Å²) in [5, 5.41) is 9.20. The molecule has 8 heteroatoms. The minimum Gasteiger partial charge on any atom is -0.496 e. The molecule has 1 aliphatic carbocycles. The largest absolute Gasteiger partial charge is 0.496 e. The number of carboxylic acid groups (broad SMARTS) is 1. The quantitative estimate of drug-likeness (QED) is 0.438. The highest BCUT2D eigenvalue weighted by molar-refractivity contribution is 5.80. The molecule has 0 radical (unpaired) electrons. The average Bonchev–Trinajstić information content (AvgIpc) is 3.14. The summed E-state index contributed by atoms with van der Waals surface area (Å²) < 4.78 is 11.6. The maximum Gasteiger partial charge on any atom is 0.411 e. The first kappa shape index (κ1) is 26.8. The van der Waals surface area contributed by atoms with Crippen LogP contribution >= 0.6 is 0 Å². The van der Waals surface area contributed by atoms with Gasteiger partial charge in [0.1, 0.15) is 17.7 Å². The van der Waals surface area contributed by atoms with Gasteiger partial charge in [-0.05, 0) is 69.7 Å². The summed E-state index contributed by atoms with van der Waals surface area (Å²) in [5.41, 5.74) is 5.83. The van der Waals surface area contributed by atoms with E-state index in [1.165, 1.54) is 0 Å². The summed E-state index contributed by atoms with van der Waals surface area (Å²) in [6, 6.07) is 10.2. The van der Waals surface area contributed by atoms with E-state index in [2.05, 4.69) is 49.1 Å². The van der Waals surface area contributed by atoms with Gasteiger partial charge in [0.15, 0.2) is 0 Å². The van der Waals surface area contributed by atoms with E-state index in [0.717, 1.165) is 71.0 Å². The Bertz CT molecular complexity index is 1310. The lowest BCUT2D eigenvalue weighted by atomic mass is 9.87. The molecule has 0 saturated carbocycles. The number of methoxy groups -OCH3 is 1. The van der Waals surface area contributed by atoms with Crippen molar-refractivity contribution in [2.75, 3.05) is 25.1 Å². The second kappa shape index (κ2) is 11.1. The molecule has 0 spiro atoms. The van der Waals surface area contributed by atoms with Gasteiger partial charge in [0.25, 0.3) is 0 Å². The Hall–Kier alpha value is -3.81. The van der Waals surface area contributed by atoms with Crippen molar-refractivity contribution in [1.29, 1.82) is 0 Å². The van der Waals surface area contributed by atoms with Gasteiger partial charge in [0.2, 0.25) is 0 Å². The van der Waals surface area contributed by atoms with Gasteiger partial charge in [0.05, 0.1) is 25.4 Å². The van der Waals surface area contributed by atoms with Crippen LogP contribution in [0.2, 0.25) is 0 Å². The summed E-state index contributed by atoms with van der Waals surface area (Å²) in [4.78, 5) is 33.4. The molecule has 2 aromatic rings. The summed E-state index contributed by atoms with van der Waals surface area (Å²) in [6.07, 6.45) is 5.94. The molecule has 39 heavy (non-hydrogen) atoms. The van der Waals surface area contributed by atoms with Crippen LogP contribution in [0, 0.1) is 19.8 Å². The Balaban J connectivity index is 1.48. The van der Waals surface area contributed by atoms with Crippen LogP contribution in [0.15, 0.2) is 48.2 Å². The van der Waals surface area contributed by atoms with Crippen LogP contribution in [-0.2, 0) is 20.8 Å². The molecular weight excluding hydrogens is 494 g/mol. The molecule has 1 N–H and O–H groups in total. The van der Waals surface area contributed by atoms with Crippen molar-refractivity contribution < 1.29 is 24.2 Å². The predicted molar refractivity (Wildman–Crippen MR) is 149 cm³/mol. The van der Waals surface area contributed by atoms with Gasteiger partial charge in [-0.3, -0.25) is 9.69 Å². The summed E-state index contributed by atoms with van der Waals surface area (Å²) in [6.45, 7) is 8.35. The van der Waals surface area contributed by atoms with E-state index in [1.54, 1.807) is 12.0 Å². The van der Waals surface area contributed by atoms with E-state index in [4.69, 9.17) is 14.5 Å². The number of allylic oxidation sites excluding steroid dienone is 3. The van der Waals surface area contributed by atoms with E-state index in [0.29, 0.717) is 13.0 Å². The third-order valence-electron chi connectivity index (χ3n) is 7.94. The Kier molecular flexibility index (Phi) is 7.64. The first-order chi connectivity index (χ1) is 18.7. The molecule has 2 saturated heterocycles. The number of carbonyl (C=O) groups is 2. The molecule has 5 rings (SSSR count). The highest BCUT2D eigenvalue weighted by Crippen LogP contribution is 2.38.